The number of benzene rings is 4. The van der Waals surface area contributed by atoms with Gasteiger partial charge in [-0.15, -0.1) is 0 Å². The van der Waals surface area contributed by atoms with E-state index < -0.39 is 6.04 Å². The molecule has 1 unspecified atom stereocenters. The van der Waals surface area contributed by atoms with Crippen LogP contribution in [-0.2, 0) is 6.42 Å². The van der Waals surface area contributed by atoms with Crippen LogP contribution in [0.1, 0.15) is 46.7 Å². The first-order chi connectivity index (χ1) is 19.5. The van der Waals surface area contributed by atoms with Crippen LogP contribution in [0, 0.1) is 6.92 Å². The van der Waals surface area contributed by atoms with E-state index in [9.17, 15) is 9.59 Å². The summed E-state index contributed by atoms with van der Waals surface area (Å²) in [5, 5.41) is 0.507. The Labute approximate surface area is 234 Å². The smallest absolute Gasteiger partial charge is 0.266 e. The molecule has 1 amide bonds. The summed E-state index contributed by atoms with van der Waals surface area (Å²) in [5.74, 6) is 0.958. The fourth-order valence-corrected chi connectivity index (χ4v) is 5.12. The molecule has 0 spiro atoms. The Hall–Kier alpha value is -4.71. The molecule has 1 atom stereocenters. The Balaban J connectivity index is 1.70. The summed E-state index contributed by atoms with van der Waals surface area (Å²) in [6, 6.07) is 32.0. The van der Waals surface area contributed by atoms with Crippen molar-refractivity contribution in [2.24, 2.45) is 0 Å². The number of ether oxygens (including phenoxy) is 1. The van der Waals surface area contributed by atoms with Crippen LogP contribution in [0.15, 0.2) is 108 Å². The van der Waals surface area contributed by atoms with Crippen molar-refractivity contribution < 1.29 is 9.53 Å². The minimum Gasteiger partial charge on any atom is -0.495 e. The van der Waals surface area contributed by atoms with Crippen LogP contribution in [0.4, 0.5) is 0 Å². The summed E-state index contributed by atoms with van der Waals surface area (Å²) in [6.45, 7) is 4.49. The zero-order valence-electron chi connectivity index (χ0n) is 23.1. The molecule has 1 heterocycles. The molecule has 4 aromatic carbocycles. The van der Waals surface area contributed by atoms with Gasteiger partial charge >= 0.3 is 0 Å². The first-order valence-electron chi connectivity index (χ1n) is 13.6. The number of methoxy groups -OCH3 is 1. The van der Waals surface area contributed by atoms with Crippen molar-refractivity contribution in [1.82, 2.24) is 14.5 Å². The molecule has 202 valence electrons. The molecule has 5 rings (SSSR count). The van der Waals surface area contributed by atoms with Gasteiger partial charge in [0.25, 0.3) is 11.5 Å². The van der Waals surface area contributed by atoms with E-state index in [-0.39, 0.29) is 11.5 Å². The second kappa shape index (κ2) is 12.0. The number of para-hydroxylation sites is 3. The van der Waals surface area contributed by atoms with Gasteiger partial charge < -0.3 is 9.64 Å². The number of hydrogen-bond donors (Lipinski definition) is 0. The summed E-state index contributed by atoms with van der Waals surface area (Å²) in [6.07, 6.45) is 1.23. The molecule has 6 heteroatoms. The lowest BCUT2D eigenvalue weighted by atomic mass is 10.0. The largest absolute Gasteiger partial charge is 0.495 e. The highest BCUT2D eigenvalue weighted by molar-refractivity contribution is 5.94. The van der Waals surface area contributed by atoms with Gasteiger partial charge in [0.15, 0.2) is 0 Å². The summed E-state index contributed by atoms with van der Waals surface area (Å²) in [7, 11) is 1.59. The van der Waals surface area contributed by atoms with Crippen LogP contribution < -0.4 is 10.3 Å². The lowest BCUT2D eigenvalue weighted by molar-refractivity contribution is 0.0661. The van der Waals surface area contributed by atoms with Crippen LogP contribution in [0.5, 0.6) is 5.75 Å². The molecular formula is C34H33N3O3. The SMILES string of the molecule is CCC(c1nc2ccccc2c(=O)n1-c1ccccc1OC)N(CCc1ccccc1)C(=O)c1ccc(C)cc1. The maximum atomic E-state index is 14.2. The Kier molecular flexibility index (Phi) is 8.06. The van der Waals surface area contributed by atoms with Gasteiger partial charge in [-0.05, 0) is 61.7 Å². The molecule has 0 saturated carbocycles. The van der Waals surface area contributed by atoms with E-state index in [4.69, 9.17) is 9.72 Å². The maximum absolute atomic E-state index is 14.2. The number of aryl methyl sites for hydroxylation is 1. The average molecular weight is 532 g/mol. The van der Waals surface area contributed by atoms with Gasteiger partial charge in [-0.1, -0.05) is 79.2 Å². The quantitative estimate of drug-likeness (QED) is 0.217. The zero-order chi connectivity index (χ0) is 28.1. The van der Waals surface area contributed by atoms with E-state index in [0.717, 1.165) is 11.1 Å². The standard InChI is InChI=1S/C34H33N3O3/c1-4-29(36(23-22-25-12-6-5-7-13-25)33(38)26-20-18-24(2)19-21-26)32-35-28-15-9-8-14-27(28)34(39)37(32)30-16-10-11-17-31(30)40-3/h5-21,29H,4,22-23H2,1-3H3. The molecule has 0 N–H and O–H groups in total. The molecule has 0 bridgehead atoms. The molecule has 0 saturated heterocycles. The van der Waals surface area contributed by atoms with E-state index in [2.05, 4.69) is 12.1 Å². The monoisotopic (exact) mass is 531 g/mol. The third kappa shape index (κ3) is 5.38. The number of aromatic nitrogens is 2. The highest BCUT2D eigenvalue weighted by Crippen LogP contribution is 2.30. The van der Waals surface area contributed by atoms with E-state index in [1.807, 2.05) is 104 Å². The van der Waals surface area contributed by atoms with Gasteiger partial charge in [-0.3, -0.25) is 14.2 Å². The molecule has 1 aromatic heterocycles. The Morgan fingerprint density at radius 2 is 1.57 bits per heavy atom. The molecule has 40 heavy (non-hydrogen) atoms. The number of nitrogens with zero attached hydrogens (tertiary/aromatic N) is 3. The molecule has 0 aliphatic carbocycles. The minimum absolute atomic E-state index is 0.100. The predicted molar refractivity (Wildman–Crippen MR) is 159 cm³/mol. The van der Waals surface area contributed by atoms with E-state index >= 15 is 0 Å². The molecule has 0 aliphatic heterocycles. The van der Waals surface area contributed by atoms with E-state index in [0.29, 0.717) is 53.1 Å². The molecule has 5 aromatic rings. The Bertz CT molecular complexity index is 1680. The predicted octanol–water partition coefficient (Wildman–Crippen LogP) is 6.54. The molecule has 0 fully saturated rings. The average Bonchev–Trinajstić information content (AvgIpc) is 3.00. The Morgan fingerprint density at radius 1 is 0.900 bits per heavy atom. The van der Waals surface area contributed by atoms with Crippen molar-refractivity contribution in [3.05, 3.63) is 136 Å². The van der Waals surface area contributed by atoms with Crippen molar-refractivity contribution >= 4 is 16.8 Å². The van der Waals surface area contributed by atoms with Crippen LogP contribution in [0.2, 0.25) is 0 Å². The topological polar surface area (TPSA) is 64.4 Å². The third-order valence-corrected chi connectivity index (χ3v) is 7.23. The van der Waals surface area contributed by atoms with Crippen LogP contribution in [0.3, 0.4) is 0 Å². The van der Waals surface area contributed by atoms with Gasteiger partial charge in [0.05, 0.1) is 29.7 Å². The number of amides is 1. The maximum Gasteiger partial charge on any atom is 0.266 e. The number of carbonyl (C=O) groups excluding carboxylic acids is 1. The second-order valence-electron chi connectivity index (χ2n) is 9.82. The number of hydrogen-bond acceptors (Lipinski definition) is 4. The van der Waals surface area contributed by atoms with Gasteiger partial charge in [0.2, 0.25) is 0 Å². The first-order valence-corrected chi connectivity index (χ1v) is 13.6. The van der Waals surface area contributed by atoms with Crippen LogP contribution in [0.25, 0.3) is 16.6 Å². The van der Waals surface area contributed by atoms with Gasteiger partial charge in [-0.2, -0.15) is 0 Å². The molecule has 0 radical (unpaired) electrons. The molecular weight excluding hydrogens is 498 g/mol. The fourth-order valence-electron chi connectivity index (χ4n) is 5.12. The number of carbonyl (C=O) groups is 1. The molecule has 6 nitrogen and oxygen atoms in total. The van der Waals surface area contributed by atoms with Crippen LogP contribution in [-0.4, -0.2) is 34.0 Å². The van der Waals surface area contributed by atoms with Crippen molar-refractivity contribution in [1.29, 1.82) is 0 Å². The van der Waals surface area contributed by atoms with Crippen molar-refractivity contribution in [3.63, 3.8) is 0 Å². The summed E-state index contributed by atoms with van der Waals surface area (Å²) < 4.78 is 7.28. The van der Waals surface area contributed by atoms with Crippen molar-refractivity contribution in [2.45, 2.75) is 32.7 Å². The van der Waals surface area contributed by atoms with Crippen molar-refractivity contribution in [2.75, 3.05) is 13.7 Å². The summed E-state index contributed by atoms with van der Waals surface area (Å²) >= 11 is 0. The third-order valence-electron chi connectivity index (χ3n) is 7.23. The van der Waals surface area contributed by atoms with Gasteiger partial charge in [0, 0.05) is 12.1 Å². The minimum atomic E-state index is -0.472. The zero-order valence-corrected chi connectivity index (χ0v) is 23.1. The van der Waals surface area contributed by atoms with Crippen LogP contribution >= 0.6 is 0 Å². The van der Waals surface area contributed by atoms with E-state index in [1.54, 1.807) is 17.7 Å². The highest BCUT2D eigenvalue weighted by Gasteiger charge is 2.30. The molecule has 0 aliphatic rings. The Morgan fingerprint density at radius 3 is 2.30 bits per heavy atom. The summed E-state index contributed by atoms with van der Waals surface area (Å²) in [5.41, 5.74) is 3.80. The lowest BCUT2D eigenvalue weighted by Crippen LogP contribution is -2.39. The van der Waals surface area contributed by atoms with Gasteiger partial charge in [-0.25, -0.2) is 4.98 Å². The second-order valence-corrected chi connectivity index (χ2v) is 9.82. The summed E-state index contributed by atoms with van der Waals surface area (Å²) in [4.78, 5) is 35.1. The first kappa shape index (κ1) is 26.9. The van der Waals surface area contributed by atoms with Crippen molar-refractivity contribution in [3.8, 4) is 11.4 Å². The fraction of sp³-hybridized carbons (Fsp3) is 0.206. The highest BCUT2D eigenvalue weighted by atomic mass is 16.5. The number of fused-ring (bicyclic) bond motifs is 1. The van der Waals surface area contributed by atoms with Gasteiger partial charge in [0.1, 0.15) is 11.6 Å². The number of rotatable bonds is 9. The van der Waals surface area contributed by atoms with E-state index in [1.165, 1.54) is 0 Å². The normalized spacial score (nSPS) is 11.8. The lowest BCUT2D eigenvalue weighted by Gasteiger charge is -2.33.